The summed E-state index contributed by atoms with van der Waals surface area (Å²) in [6.07, 6.45) is 2.98. The van der Waals surface area contributed by atoms with Crippen LogP contribution in [0.3, 0.4) is 0 Å². The molecule has 37 heavy (non-hydrogen) atoms. The van der Waals surface area contributed by atoms with Gasteiger partial charge in [0.25, 0.3) is 0 Å². The molecule has 1 N–H and O–H groups in total. The number of sulfonamides is 1. The summed E-state index contributed by atoms with van der Waals surface area (Å²) in [6.45, 7) is 1.47. The quantitative estimate of drug-likeness (QED) is 0.399. The summed E-state index contributed by atoms with van der Waals surface area (Å²) in [5.74, 6) is 1.15. The average molecular weight is 551 g/mol. The van der Waals surface area contributed by atoms with Gasteiger partial charge in [0.05, 0.1) is 19.2 Å². The smallest absolute Gasteiger partial charge is 0.243 e. The van der Waals surface area contributed by atoms with Crippen LogP contribution in [0.5, 0.6) is 11.5 Å². The number of ether oxygens (including phenoxy) is 3. The lowest BCUT2D eigenvalue weighted by Gasteiger charge is -2.23. The summed E-state index contributed by atoms with van der Waals surface area (Å²) in [6, 6.07) is 5.16. The van der Waals surface area contributed by atoms with Crippen molar-refractivity contribution in [1.82, 2.24) is 24.7 Å². The first-order valence-corrected chi connectivity index (χ1v) is 13.3. The Morgan fingerprint density at radius 2 is 1.76 bits per heavy atom. The molecule has 2 heterocycles. The number of rotatable bonds is 10. The Bertz CT molecular complexity index is 1360. The van der Waals surface area contributed by atoms with Crippen LogP contribution >= 0.6 is 11.6 Å². The molecule has 0 radical (unpaired) electrons. The van der Waals surface area contributed by atoms with Crippen molar-refractivity contribution in [2.45, 2.75) is 43.5 Å². The Kier molecular flexibility index (Phi) is 7.95. The van der Waals surface area contributed by atoms with E-state index in [9.17, 15) is 13.2 Å². The SMILES string of the molecule is COc1cccc(OC)c1-n1c(NS(=O)(=O)[C@@H](C)[C@H](OC)c2ncc(Cl)cn2)nnc1[C@H]1CCC(=O)C1. The van der Waals surface area contributed by atoms with Gasteiger partial charge in [-0.05, 0) is 25.5 Å². The molecule has 12 nitrogen and oxygen atoms in total. The number of para-hydroxylation sites is 1. The molecule has 3 aromatic rings. The van der Waals surface area contributed by atoms with Crippen molar-refractivity contribution in [1.29, 1.82) is 0 Å². The van der Waals surface area contributed by atoms with Crippen molar-refractivity contribution >= 4 is 33.4 Å². The zero-order valence-electron chi connectivity index (χ0n) is 20.7. The lowest BCUT2D eigenvalue weighted by Crippen LogP contribution is -2.33. The Morgan fingerprint density at radius 3 is 2.30 bits per heavy atom. The van der Waals surface area contributed by atoms with E-state index in [1.165, 1.54) is 45.2 Å². The van der Waals surface area contributed by atoms with E-state index < -0.39 is 21.4 Å². The summed E-state index contributed by atoms with van der Waals surface area (Å²) in [5.41, 5.74) is 0.404. The van der Waals surface area contributed by atoms with E-state index in [-0.39, 0.29) is 29.9 Å². The number of benzene rings is 1. The highest BCUT2D eigenvalue weighted by atomic mass is 35.5. The molecule has 1 aliphatic rings. The van der Waals surface area contributed by atoms with Crippen LogP contribution in [0.2, 0.25) is 5.02 Å². The number of anilines is 1. The molecule has 0 bridgehead atoms. The van der Waals surface area contributed by atoms with Crippen LogP contribution in [-0.2, 0) is 19.6 Å². The normalized spacial score (nSPS) is 17.4. The molecule has 4 rings (SSSR count). The third kappa shape index (κ3) is 5.38. The molecule has 0 aliphatic heterocycles. The predicted octanol–water partition coefficient (Wildman–Crippen LogP) is 3.08. The van der Waals surface area contributed by atoms with Gasteiger partial charge in [-0.2, -0.15) is 0 Å². The largest absolute Gasteiger partial charge is 0.494 e. The highest BCUT2D eigenvalue weighted by Crippen LogP contribution is 2.40. The topological polar surface area (TPSA) is 147 Å². The molecule has 1 aromatic carbocycles. The fourth-order valence-corrected chi connectivity index (χ4v) is 5.52. The maximum absolute atomic E-state index is 13.5. The van der Waals surface area contributed by atoms with Crippen LogP contribution < -0.4 is 14.2 Å². The number of hydrogen-bond donors (Lipinski definition) is 1. The molecule has 0 spiro atoms. The van der Waals surface area contributed by atoms with Gasteiger partial charge in [-0.3, -0.25) is 14.1 Å². The summed E-state index contributed by atoms with van der Waals surface area (Å²) in [7, 11) is 0.211. The van der Waals surface area contributed by atoms with E-state index in [1.807, 2.05) is 0 Å². The van der Waals surface area contributed by atoms with Gasteiger partial charge in [0.15, 0.2) is 5.82 Å². The Balaban J connectivity index is 1.79. The molecule has 0 unspecified atom stereocenters. The second-order valence-electron chi connectivity index (χ2n) is 8.47. The van der Waals surface area contributed by atoms with Gasteiger partial charge in [-0.15, -0.1) is 10.2 Å². The Morgan fingerprint density at radius 1 is 1.11 bits per heavy atom. The van der Waals surface area contributed by atoms with Gasteiger partial charge in [0.1, 0.15) is 40.1 Å². The number of ketones is 1. The molecule has 1 saturated carbocycles. The number of carbonyl (C=O) groups excluding carboxylic acids is 1. The van der Waals surface area contributed by atoms with Gasteiger partial charge in [-0.25, -0.2) is 18.4 Å². The zero-order valence-corrected chi connectivity index (χ0v) is 22.3. The van der Waals surface area contributed by atoms with Crippen molar-refractivity contribution in [3.8, 4) is 17.2 Å². The second kappa shape index (κ2) is 11.0. The number of aromatic nitrogens is 5. The summed E-state index contributed by atoms with van der Waals surface area (Å²) < 4.78 is 47.7. The number of hydrogen-bond acceptors (Lipinski definition) is 10. The van der Waals surface area contributed by atoms with Crippen molar-refractivity contribution < 1.29 is 27.4 Å². The minimum absolute atomic E-state index is 0.0872. The van der Waals surface area contributed by atoms with Crippen molar-refractivity contribution in [3.05, 3.63) is 47.3 Å². The van der Waals surface area contributed by atoms with Crippen LogP contribution in [0.15, 0.2) is 30.6 Å². The molecule has 3 atom stereocenters. The number of nitrogens with one attached hydrogen (secondary N) is 1. The second-order valence-corrected chi connectivity index (χ2v) is 10.9. The monoisotopic (exact) mass is 550 g/mol. The first-order valence-electron chi connectivity index (χ1n) is 11.4. The minimum Gasteiger partial charge on any atom is -0.494 e. The van der Waals surface area contributed by atoms with Gasteiger partial charge in [0, 0.05) is 38.3 Å². The third-order valence-electron chi connectivity index (χ3n) is 6.22. The maximum Gasteiger partial charge on any atom is 0.243 e. The molecular weight excluding hydrogens is 524 g/mol. The number of carbonyl (C=O) groups is 1. The van der Waals surface area contributed by atoms with Crippen molar-refractivity contribution in [2.24, 2.45) is 0 Å². The van der Waals surface area contributed by atoms with E-state index in [0.717, 1.165) is 0 Å². The average Bonchev–Trinajstić information content (AvgIpc) is 3.50. The fourth-order valence-electron chi connectivity index (χ4n) is 4.29. The standard InChI is InChI=1S/C23H27ClN6O6S/c1-13(20(36-4)21-25-11-15(24)12-26-21)37(32,33)29-23-28-27-22(14-8-9-16(31)10-14)30(23)19-17(34-2)6-5-7-18(19)35-3/h5-7,11-14,20H,8-10H2,1-4H3,(H,28,29)/t13-,14-,20-/m0/s1. The zero-order chi connectivity index (χ0) is 26.7. The van der Waals surface area contributed by atoms with Crippen LogP contribution in [-0.4, -0.2) is 65.5 Å². The third-order valence-corrected chi connectivity index (χ3v) is 8.11. The van der Waals surface area contributed by atoms with E-state index in [4.69, 9.17) is 25.8 Å². The van der Waals surface area contributed by atoms with E-state index in [0.29, 0.717) is 40.9 Å². The van der Waals surface area contributed by atoms with Crippen LogP contribution in [0.25, 0.3) is 5.69 Å². The van der Waals surface area contributed by atoms with Gasteiger partial charge in [0.2, 0.25) is 16.0 Å². The molecule has 14 heteroatoms. The maximum atomic E-state index is 13.5. The van der Waals surface area contributed by atoms with Gasteiger partial charge in [-0.1, -0.05) is 17.7 Å². The van der Waals surface area contributed by atoms with Crippen LogP contribution in [0.4, 0.5) is 5.95 Å². The number of nitrogens with zero attached hydrogens (tertiary/aromatic N) is 5. The minimum atomic E-state index is -4.13. The molecule has 2 aromatic heterocycles. The first-order chi connectivity index (χ1) is 17.7. The molecule has 198 valence electrons. The Hall–Kier alpha value is -3.29. The Labute approximate surface area is 219 Å². The van der Waals surface area contributed by atoms with Crippen LogP contribution in [0.1, 0.15) is 49.9 Å². The molecule has 0 saturated heterocycles. The highest BCUT2D eigenvalue weighted by molar-refractivity contribution is 7.93. The highest BCUT2D eigenvalue weighted by Gasteiger charge is 2.36. The van der Waals surface area contributed by atoms with Gasteiger partial charge < -0.3 is 14.2 Å². The summed E-state index contributed by atoms with van der Waals surface area (Å²) in [5, 5.41) is 7.62. The lowest BCUT2D eigenvalue weighted by molar-refractivity contribution is -0.117. The van der Waals surface area contributed by atoms with Crippen LogP contribution in [0, 0.1) is 0 Å². The molecule has 0 amide bonds. The predicted molar refractivity (Wildman–Crippen MR) is 135 cm³/mol. The number of methoxy groups -OCH3 is 3. The molecular formula is C23H27ClN6O6S. The van der Waals surface area contributed by atoms with Crippen molar-refractivity contribution in [2.75, 3.05) is 26.1 Å². The van der Waals surface area contributed by atoms with E-state index >= 15 is 0 Å². The van der Waals surface area contributed by atoms with Crippen molar-refractivity contribution in [3.63, 3.8) is 0 Å². The number of Topliss-reactive ketones (excluding diaryl/α,β-unsaturated/α-hetero) is 1. The summed E-state index contributed by atoms with van der Waals surface area (Å²) >= 11 is 5.87. The first kappa shape index (κ1) is 26.8. The van der Waals surface area contributed by atoms with E-state index in [1.54, 1.807) is 18.2 Å². The lowest BCUT2D eigenvalue weighted by atomic mass is 10.1. The van der Waals surface area contributed by atoms with E-state index in [2.05, 4.69) is 24.9 Å². The fraction of sp³-hybridized carbons (Fsp3) is 0.435. The molecule has 1 fully saturated rings. The number of halogens is 1. The molecule has 1 aliphatic carbocycles. The van der Waals surface area contributed by atoms with Gasteiger partial charge >= 0.3 is 0 Å². The summed E-state index contributed by atoms with van der Waals surface area (Å²) in [4.78, 5) is 20.3.